The molecule has 1 heterocycles. The minimum Gasteiger partial charge on any atom is -0.378 e. The van der Waals surface area contributed by atoms with Crippen molar-refractivity contribution in [3.05, 3.63) is 0 Å². The Balaban J connectivity index is 2.03. The number of nitrogens with zero attached hydrogens (tertiary/aromatic N) is 1. The molecule has 132 valence electrons. The number of hydrogen-bond donors (Lipinski definition) is 1. The summed E-state index contributed by atoms with van der Waals surface area (Å²) in [6.45, 7) is 5.29. The number of carbonyl (C=O) groups is 2. The Morgan fingerprint density at radius 1 is 1.26 bits per heavy atom. The lowest BCUT2D eigenvalue weighted by atomic mass is 9.85. The van der Waals surface area contributed by atoms with Crippen LogP contribution in [-0.4, -0.2) is 62.8 Å². The van der Waals surface area contributed by atoms with Crippen LogP contribution in [0, 0.1) is 17.8 Å². The molecule has 0 unspecified atom stereocenters. The van der Waals surface area contributed by atoms with Gasteiger partial charge in [0.25, 0.3) is 0 Å². The number of hydrogen-bond acceptors (Lipinski definition) is 4. The SMILES string of the molecule is CNC(=O)CN(C(=O)COC)[C@@H]1C[C@@H]2CO[C@H](C(C)C)C[C@@H]2C1. The van der Waals surface area contributed by atoms with E-state index in [1.807, 2.05) is 0 Å². The zero-order chi connectivity index (χ0) is 17.0. The van der Waals surface area contributed by atoms with Crippen LogP contribution < -0.4 is 5.32 Å². The molecule has 0 aromatic heterocycles. The summed E-state index contributed by atoms with van der Waals surface area (Å²) in [4.78, 5) is 25.8. The predicted octanol–water partition coefficient (Wildman–Crippen LogP) is 1.05. The molecule has 2 rings (SSSR count). The Kier molecular flexibility index (Phi) is 6.41. The Morgan fingerprint density at radius 3 is 2.57 bits per heavy atom. The fraction of sp³-hybridized carbons (Fsp3) is 0.882. The van der Waals surface area contributed by atoms with Gasteiger partial charge in [0.15, 0.2) is 0 Å². The molecule has 1 aliphatic carbocycles. The van der Waals surface area contributed by atoms with Crippen LogP contribution in [0.25, 0.3) is 0 Å². The number of rotatable bonds is 6. The van der Waals surface area contributed by atoms with Crippen molar-refractivity contribution in [3.8, 4) is 0 Å². The molecule has 23 heavy (non-hydrogen) atoms. The van der Waals surface area contributed by atoms with Crippen molar-refractivity contribution < 1.29 is 19.1 Å². The Hall–Kier alpha value is -1.14. The fourth-order valence-corrected chi connectivity index (χ4v) is 3.87. The Bertz CT molecular complexity index is 427. The quantitative estimate of drug-likeness (QED) is 0.792. The molecule has 2 aliphatic rings. The van der Waals surface area contributed by atoms with Gasteiger partial charge in [0.1, 0.15) is 6.61 Å². The van der Waals surface area contributed by atoms with Crippen LogP contribution in [-0.2, 0) is 19.1 Å². The molecule has 1 aliphatic heterocycles. The second kappa shape index (κ2) is 8.11. The van der Waals surface area contributed by atoms with E-state index in [9.17, 15) is 9.59 Å². The summed E-state index contributed by atoms with van der Waals surface area (Å²) in [6, 6.07) is 0.111. The highest BCUT2D eigenvalue weighted by molar-refractivity contribution is 5.85. The minimum absolute atomic E-state index is 0.0218. The lowest BCUT2D eigenvalue weighted by molar-refractivity contribution is -0.141. The average molecular weight is 326 g/mol. The van der Waals surface area contributed by atoms with Gasteiger partial charge in [-0.05, 0) is 37.0 Å². The normalized spacial score (nSPS) is 30.1. The average Bonchev–Trinajstić information content (AvgIpc) is 2.94. The number of methoxy groups -OCH3 is 1. The number of likely N-dealkylation sites (N-methyl/N-ethyl adjacent to an activating group) is 1. The maximum Gasteiger partial charge on any atom is 0.249 e. The van der Waals surface area contributed by atoms with Crippen molar-refractivity contribution in [2.75, 3.05) is 33.9 Å². The molecule has 1 N–H and O–H groups in total. The summed E-state index contributed by atoms with van der Waals surface area (Å²) in [7, 11) is 3.10. The van der Waals surface area contributed by atoms with E-state index >= 15 is 0 Å². The van der Waals surface area contributed by atoms with Crippen molar-refractivity contribution in [1.82, 2.24) is 10.2 Å². The molecule has 0 aromatic rings. The molecule has 1 saturated heterocycles. The highest BCUT2D eigenvalue weighted by Gasteiger charge is 2.43. The second-order valence-electron chi connectivity index (χ2n) is 7.12. The van der Waals surface area contributed by atoms with E-state index in [1.165, 1.54) is 7.11 Å². The van der Waals surface area contributed by atoms with E-state index in [4.69, 9.17) is 9.47 Å². The van der Waals surface area contributed by atoms with Crippen molar-refractivity contribution in [2.24, 2.45) is 17.8 Å². The third-order valence-electron chi connectivity index (χ3n) is 5.24. The Labute approximate surface area is 138 Å². The molecule has 0 radical (unpaired) electrons. The van der Waals surface area contributed by atoms with Gasteiger partial charge in [-0.25, -0.2) is 0 Å². The van der Waals surface area contributed by atoms with Gasteiger partial charge in [-0.2, -0.15) is 0 Å². The molecule has 0 spiro atoms. The predicted molar refractivity (Wildman–Crippen MR) is 86.9 cm³/mol. The van der Waals surface area contributed by atoms with Gasteiger partial charge in [-0.1, -0.05) is 13.8 Å². The minimum atomic E-state index is -0.138. The van der Waals surface area contributed by atoms with E-state index in [-0.39, 0.29) is 31.0 Å². The number of nitrogens with one attached hydrogen (secondary N) is 1. The third-order valence-corrected chi connectivity index (χ3v) is 5.24. The number of amides is 2. The molecular weight excluding hydrogens is 296 g/mol. The van der Waals surface area contributed by atoms with Gasteiger partial charge < -0.3 is 19.7 Å². The van der Waals surface area contributed by atoms with Crippen LogP contribution >= 0.6 is 0 Å². The van der Waals surface area contributed by atoms with Crippen molar-refractivity contribution in [2.45, 2.75) is 45.3 Å². The van der Waals surface area contributed by atoms with Gasteiger partial charge in [0.05, 0.1) is 19.3 Å². The van der Waals surface area contributed by atoms with Crippen molar-refractivity contribution in [3.63, 3.8) is 0 Å². The highest BCUT2D eigenvalue weighted by atomic mass is 16.5. The lowest BCUT2D eigenvalue weighted by Gasteiger charge is -2.34. The van der Waals surface area contributed by atoms with E-state index in [1.54, 1.807) is 11.9 Å². The van der Waals surface area contributed by atoms with Crippen LogP contribution in [0.4, 0.5) is 0 Å². The molecule has 6 nitrogen and oxygen atoms in total. The second-order valence-corrected chi connectivity index (χ2v) is 7.12. The molecule has 6 heteroatoms. The molecule has 4 atom stereocenters. The van der Waals surface area contributed by atoms with Crippen molar-refractivity contribution in [1.29, 1.82) is 0 Å². The summed E-state index contributed by atoms with van der Waals surface area (Å²) in [5.41, 5.74) is 0. The van der Waals surface area contributed by atoms with Crippen LogP contribution in [0.1, 0.15) is 33.1 Å². The maximum absolute atomic E-state index is 12.3. The van der Waals surface area contributed by atoms with E-state index < -0.39 is 0 Å². The first-order valence-electron chi connectivity index (χ1n) is 8.56. The summed E-state index contributed by atoms with van der Waals surface area (Å²) in [5.74, 6) is 1.36. The molecule has 0 aromatic carbocycles. The summed E-state index contributed by atoms with van der Waals surface area (Å²) in [6.07, 6.45) is 3.26. The van der Waals surface area contributed by atoms with E-state index in [0.717, 1.165) is 25.9 Å². The summed E-state index contributed by atoms with van der Waals surface area (Å²) in [5, 5.41) is 2.60. The smallest absolute Gasteiger partial charge is 0.249 e. The largest absolute Gasteiger partial charge is 0.378 e. The zero-order valence-corrected chi connectivity index (χ0v) is 14.7. The Morgan fingerprint density at radius 2 is 1.96 bits per heavy atom. The summed E-state index contributed by atoms with van der Waals surface area (Å²) >= 11 is 0. The van der Waals surface area contributed by atoms with Crippen LogP contribution in [0.3, 0.4) is 0 Å². The zero-order valence-electron chi connectivity index (χ0n) is 14.7. The number of carbonyl (C=O) groups excluding carboxylic acids is 2. The monoisotopic (exact) mass is 326 g/mol. The highest BCUT2D eigenvalue weighted by Crippen LogP contribution is 2.42. The van der Waals surface area contributed by atoms with Gasteiger partial charge in [-0.3, -0.25) is 9.59 Å². The van der Waals surface area contributed by atoms with Crippen LogP contribution in [0.5, 0.6) is 0 Å². The first kappa shape index (κ1) is 18.2. The molecule has 2 amide bonds. The van der Waals surface area contributed by atoms with Gasteiger partial charge >= 0.3 is 0 Å². The van der Waals surface area contributed by atoms with Gasteiger partial charge in [0, 0.05) is 20.2 Å². The maximum atomic E-state index is 12.3. The molecule has 0 bridgehead atoms. The molecule has 1 saturated carbocycles. The lowest BCUT2D eigenvalue weighted by Crippen LogP contribution is -2.46. The van der Waals surface area contributed by atoms with Crippen LogP contribution in [0.2, 0.25) is 0 Å². The topological polar surface area (TPSA) is 67.9 Å². The first-order valence-corrected chi connectivity index (χ1v) is 8.56. The van der Waals surface area contributed by atoms with E-state index in [0.29, 0.717) is 23.9 Å². The summed E-state index contributed by atoms with van der Waals surface area (Å²) < 4.78 is 11.0. The number of ether oxygens (including phenoxy) is 2. The molecule has 2 fully saturated rings. The van der Waals surface area contributed by atoms with E-state index in [2.05, 4.69) is 19.2 Å². The standard InChI is InChI=1S/C17H30N2O4/c1-11(2)15-7-12-5-14(6-13(12)9-23-15)19(8-16(20)18-3)17(21)10-22-4/h11-15H,5-10H2,1-4H3,(H,18,20)/t12-,13+,14-,15-/m0/s1. The first-order chi connectivity index (χ1) is 11.0. The molecular formula is C17H30N2O4. The van der Waals surface area contributed by atoms with Gasteiger partial charge in [-0.15, -0.1) is 0 Å². The number of fused-ring (bicyclic) bond motifs is 1. The third kappa shape index (κ3) is 4.44. The van der Waals surface area contributed by atoms with Gasteiger partial charge in [0.2, 0.25) is 11.8 Å². The van der Waals surface area contributed by atoms with Crippen molar-refractivity contribution >= 4 is 11.8 Å². The van der Waals surface area contributed by atoms with Crippen LogP contribution in [0.15, 0.2) is 0 Å². The fourth-order valence-electron chi connectivity index (χ4n) is 3.87.